The number of carbonyl (C=O) groups is 1. The highest BCUT2D eigenvalue weighted by atomic mass is 32.1. The fraction of sp³-hybridized carbons (Fsp3) is 0.300. The SMILES string of the molecule is Nc1ccccc1CCC(=O)Nc1ccc2nc(N3CCOCC3)sc2c1. The van der Waals surface area contributed by atoms with E-state index < -0.39 is 0 Å². The summed E-state index contributed by atoms with van der Waals surface area (Å²) in [5.74, 6) is -0.0180. The highest BCUT2D eigenvalue weighted by Crippen LogP contribution is 2.31. The molecular weight excluding hydrogens is 360 g/mol. The monoisotopic (exact) mass is 382 g/mol. The zero-order valence-electron chi connectivity index (χ0n) is 15.0. The quantitative estimate of drug-likeness (QED) is 0.662. The molecule has 1 aliphatic heterocycles. The number of nitrogens with two attached hydrogens (primary N) is 1. The maximum atomic E-state index is 12.3. The van der Waals surface area contributed by atoms with Crippen molar-refractivity contribution in [3.05, 3.63) is 48.0 Å². The first-order valence-electron chi connectivity index (χ1n) is 9.05. The number of amides is 1. The van der Waals surface area contributed by atoms with Gasteiger partial charge in [-0.2, -0.15) is 0 Å². The zero-order chi connectivity index (χ0) is 18.6. The number of hydrogen-bond donors (Lipinski definition) is 2. The summed E-state index contributed by atoms with van der Waals surface area (Å²) in [6.07, 6.45) is 1.02. The van der Waals surface area contributed by atoms with Crippen molar-refractivity contribution in [1.82, 2.24) is 4.98 Å². The second kappa shape index (κ2) is 7.94. The summed E-state index contributed by atoms with van der Waals surface area (Å²) in [5, 5.41) is 3.99. The highest BCUT2D eigenvalue weighted by molar-refractivity contribution is 7.22. The van der Waals surface area contributed by atoms with E-state index in [-0.39, 0.29) is 5.91 Å². The minimum Gasteiger partial charge on any atom is -0.399 e. The summed E-state index contributed by atoms with van der Waals surface area (Å²) < 4.78 is 6.47. The molecule has 1 aromatic heterocycles. The first-order valence-corrected chi connectivity index (χ1v) is 9.87. The molecule has 6 nitrogen and oxygen atoms in total. The van der Waals surface area contributed by atoms with E-state index in [9.17, 15) is 4.79 Å². The van der Waals surface area contributed by atoms with Crippen LogP contribution in [-0.2, 0) is 16.0 Å². The number of anilines is 3. The van der Waals surface area contributed by atoms with Crippen LogP contribution in [0.4, 0.5) is 16.5 Å². The van der Waals surface area contributed by atoms with Crippen molar-refractivity contribution in [1.29, 1.82) is 0 Å². The van der Waals surface area contributed by atoms with Gasteiger partial charge in [-0.1, -0.05) is 29.5 Å². The predicted octanol–water partition coefficient (Wildman–Crippen LogP) is 3.29. The van der Waals surface area contributed by atoms with E-state index in [1.807, 2.05) is 42.5 Å². The van der Waals surface area contributed by atoms with Crippen molar-refractivity contribution in [2.45, 2.75) is 12.8 Å². The average Bonchev–Trinajstić information content (AvgIpc) is 3.11. The van der Waals surface area contributed by atoms with Gasteiger partial charge < -0.3 is 20.7 Å². The molecule has 0 radical (unpaired) electrons. The second-order valence-corrected chi connectivity index (χ2v) is 7.53. The predicted molar refractivity (Wildman–Crippen MR) is 110 cm³/mol. The van der Waals surface area contributed by atoms with Crippen LogP contribution in [-0.4, -0.2) is 37.2 Å². The number of nitrogens with zero attached hydrogens (tertiary/aromatic N) is 2. The van der Waals surface area contributed by atoms with Crippen LogP contribution in [0.5, 0.6) is 0 Å². The lowest BCUT2D eigenvalue weighted by Gasteiger charge is -2.25. The molecule has 2 aromatic carbocycles. The van der Waals surface area contributed by atoms with E-state index in [0.29, 0.717) is 12.8 Å². The topological polar surface area (TPSA) is 80.5 Å². The van der Waals surface area contributed by atoms with Gasteiger partial charge in [-0.3, -0.25) is 4.79 Å². The number of morpholine rings is 1. The zero-order valence-corrected chi connectivity index (χ0v) is 15.8. The van der Waals surface area contributed by atoms with E-state index in [2.05, 4.69) is 10.2 Å². The number of nitrogen functional groups attached to an aromatic ring is 1. The molecule has 0 aliphatic carbocycles. The van der Waals surface area contributed by atoms with Gasteiger partial charge in [0.1, 0.15) is 0 Å². The molecule has 140 valence electrons. The van der Waals surface area contributed by atoms with Gasteiger partial charge in [-0.25, -0.2) is 4.98 Å². The molecule has 4 rings (SSSR count). The van der Waals surface area contributed by atoms with E-state index >= 15 is 0 Å². The Balaban J connectivity index is 1.41. The molecule has 3 N–H and O–H groups in total. The Hall–Kier alpha value is -2.64. The second-order valence-electron chi connectivity index (χ2n) is 6.53. The van der Waals surface area contributed by atoms with Gasteiger partial charge in [-0.15, -0.1) is 0 Å². The Morgan fingerprint density at radius 2 is 2.04 bits per heavy atom. The van der Waals surface area contributed by atoms with Gasteiger partial charge in [0.25, 0.3) is 0 Å². The summed E-state index contributed by atoms with van der Waals surface area (Å²) in [7, 11) is 0. The van der Waals surface area contributed by atoms with Crippen LogP contribution in [0.2, 0.25) is 0 Å². The largest absolute Gasteiger partial charge is 0.399 e. The number of carbonyl (C=O) groups excluding carboxylic acids is 1. The summed E-state index contributed by atoms with van der Waals surface area (Å²) in [5.41, 5.74) is 9.42. The molecule has 7 heteroatoms. The normalized spacial score (nSPS) is 14.4. The summed E-state index contributed by atoms with van der Waals surface area (Å²) in [6, 6.07) is 13.5. The number of aryl methyl sites for hydroxylation is 1. The van der Waals surface area contributed by atoms with Crippen molar-refractivity contribution in [2.75, 3.05) is 42.3 Å². The van der Waals surface area contributed by atoms with Crippen LogP contribution in [0.15, 0.2) is 42.5 Å². The average molecular weight is 382 g/mol. The minimum absolute atomic E-state index is 0.0180. The Labute approximate surface area is 162 Å². The number of fused-ring (bicyclic) bond motifs is 1. The molecule has 0 spiro atoms. The summed E-state index contributed by atoms with van der Waals surface area (Å²) in [6.45, 7) is 3.21. The number of aromatic nitrogens is 1. The molecule has 1 fully saturated rings. The fourth-order valence-electron chi connectivity index (χ4n) is 3.11. The molecule has 1 amide bonds. The Kier molecular flexibility index (Phi) is 5.22. The van der Waals surface area contributed by atoms with Gasteiger partial charge in [0, 0.05) is 30.9 Å². The smallest absolute Gasteiger partial charge is 0.224 e. The van der Waals surface area contributed by atoms with Crippen LogP contribution in [0.25, 0.3) is 10.2 Å². The van der Waals surface area contributed by atoms with E-state index in [1.165, 1.54) is 0 Å². The standard InChI is InChI=1S/C20H22N4O2S/c21-16-4-2-1-3-14(16)5-8-19(25)22-15-6-7-17-18(13-15)27-20(23-17)24-9-11-26-12-10-24/h1-4,6-7,13H,5,8-12,21H2,(H,22,25). The van der Waals surface area contributed by atoms with Crippen LogP contribution < -0.4 is 16.0 Å². The maximum Gasteiger partial charge on any atom is 0.224 e. The number of para-hydroxylation sites is 1. The third-order valence-corrected chi connectivity index (χ3v) is 5.70. The van der Waals surface area contributed by atoms with E-state index in [1.54, 1.807) is 11.3 Å². The molecule has 0 atom stereocenters. The number of hydrogen-bond acceptors (Lipinski definition) is 6. The van der Waals surface area contributed by atoms with Crippen molar-refractivity contribution < 1.29 is 9.53 Å². The molecule has 3 aromatic rings. The first-order chi connectivity index (χ1) is 13.2. The van der Waals surface area contributed by atoms with Gasteiger partial charge in [-0.05, 0) is 36.2 Å². The molecule has 0 unspecified atom stereocenters. The maximum absolute atomic E-state index is 12.3. The summed E-state index contributed by atoms with van der Waals surface area (Å²) in [4.78, 5) is 19.3. The van der Waals surface area contributed by atoms with Crippen LogP contribution in [0.3, 0.4) is 0 Å². The Morgan fingerprint density at radius 3 is 2.85 bits per heavy atom. The lowest BCUT2D eigenvalue weighted by Crippen LogP contribution is -2.36. The Morgan fingerprint density at radius 1 is 1.22 bits per heavy atom. The van der Waals surface area contributed by atoms with E-state index in [4.69, 9.17) is 15.5 Å². The molecular formula is C20H22N4O2S. The third kappa shape index (κ3) is 4.20. The van der Waals surface area contributed by atoms with Crippen molar-refractivity contribution >= 4 is 44.0 Å². The number of thiazole rings is 1. The molecule has 0 saturated carbocycles. The van der Waals surface area contributed by atoms with Crippen LogP contribution in [0, 0.1) is 0 Å². The minimum atomic E-state index is -0.0180. The third-order valence-electron chi connectivity index (χ3n) is 4.62. The molecule has 1 aliphatic rings. The lowest BCUT2D eigenvalue weighted by atomic mass is 10.1. The highest BCUT2D eigenvalue weighted by Gasteiger charge is 2.15. The Bertz CT molecular complexity index is 950. The van der Waals surface area contributed by atoms with Gasteiger partial charge in [0.05, 0.1) is 23.4 Å². The van der Waals surface area contributed by atoms with Crippen molar-refractivity contribution in [2.24, 2.45) is 0 Å². The lowest BCUT2D eigenvalue weighted by molar-refractivity contribution is -0.116. The van der Waals surface area contributed by atoms with Crippen molar-refractivity contribution in [3.8, 4) is 0 Å². The summed E-state index contributed by atoms with van der Waals surface area (Å²) >= 11 is 1.65. The first kappa shape index (κ1) is 17.8. The molecule has 0 bridgehead atoms. The fourth-order valence-corrected chi connectivity index (χ4v) is 4.17. The van der Waals surface area contributed by atoms with Crippen LogP contribution in [0.1, 0.15) is 12.0 Å². The van der Waals surface area contributed by atoms with Crippen LogP contribution >= 0.6 is 11.3 Å². The number of ether oxygens (including phenoxy) is 1. The number of rotatable bonds is 5. The molecule has 2 heterocycles. The van der Waals surface area contributed by atoms with Crippen molar-refractivity contribution in [3.63, 3.8) is 0 Å². The van der Waals surface area contributed by atoms with Gasteiger partial charge >= 0.3 is 0 Å². The van der Waals surface area contributed by atoms with Gasteiger partial charge in [0.15, 0.2) is 5.13 Å². The molecule has 1 saturated heterocycles. The number of nitrogens with one attached hydrogen (secondary N) is 1. The van der Waals surface area contributed by atoms with Gasteiger partial charge in [0.2, 0.25) is 5.91 Å². The number of benzene rings is 2. The van der Waals surface area contributed by atoms with E-state index in [0.717, 1.165) is 58.6 Å². The molecule has 27 heavy (non-hydrogen) atoms.